The summed E-state index contributed by atoms with van der Waals surface area (Å²) in [6.45, 7) is 0. The zero-order valence-corrected chi connectivity index (χ0v) is 15.6. The Morgan fingerprint density at radius 2 is 1.79 bits per heavy atom. The second kappa shape index (κ2) is 6.13. The number of carbonyl (C=O) groups excluding carboxylic acids is 1. The molecular weight excluding hydrogens is 411 g/mol. The smallest absolute Gasteiger partial charge is 0.257 e. The minimum atomic E-state index is -0.333. The van der Waals surface area contributed by atoms with Gasteiger partial charge in [-0.1, -0.05) is 28.1 Å². The summed E-state index contributed by atoms with van der Waals surface area (Å²) in [5.41, 5.74) is 1.72. The third-order valence-electron chi connectivity index (χ3n) is 4.16. The van der Waals surface area contributed by atoms with Gasteiger partial charge in [-0.25, -0.2) is 4.39 Å². The zero-order valence-electron chi connectivity index (χ0n) is 12.4. The maximum absolute atomic E-state index is 13.2. The van der Waals surface area contributed by atoms with Gasteiger partial charge >= 0.3 is 0 Å². The molecule has 2 aliphatic rings. The number of rotatable bonds is 2. The van der Waals surface area contributed by atoms with Crippen LogP contribution in [0.3, 0.4) is 0 Å². The lowest BCUT2D eigenvalue weighted by atomic mass is 10.2. The second-order valence-corrected chi connectivity index (χ2v) is 7.99. The molecule has 24 heavy (non-hydrogen) atoms. The van der Waals surface area contributed by atoms with Gasteiger partial charge in [-0.05, 0) is 54.2 Å². The molecule has 0 radical (unpaired) electrons. The van der Waals surface area contributed by atoms with Crippen LogP contribution in [0.2, 0.25) is 0 Å². The van der Waals surface area contributed by atoms with Crippen molar-refractivity contribution in [3.05, 3.63) is 64.4 Å². The van der Waals surface area contributed by atoms with Crippen molar-refractivity contribution in [2.24, 2.45) is 0 Å². The number of hydrogen-bond donors (Lipinski definition) is 0. The summed E-state index contributed by atoms with van der Waals surface area (Å²) in [6.07, 6.45) is 0. The summed E-state index contributed by atoms with van der Waals surface area (Å²) in [4.78, 5) is 16.3. The molecule has 122 valence electrons. The van der Waals surface area contributed by atoms with Gasteiger partial charge in [0.1, 0.15) is 17.2 Å². The molecule has 0 bridgehead atoms. The lowest BCUT2D eigenvalue weighted by molar-refractivity contribution is -0.119. The molecule has 0 N–H and O–H groups in total. The molecule has 0 aliphatic carbocycles. The van der Waals surface area contributed by atoms with E-state index in [2.05, 4.69) is 15.9 Å². The standard InChI is InChI=1S/C17H12BrFN2OS2/c18-11-3-1-10(2-4-11)16-21-14(9-24-16)15(22)20(17(21)23)13-7-5-12(19)6-8-13/h1-8,14,16H,9H2. The SMILES string of the molecule is O=C1C2CSC(c3ccc(Br)cc3)N2C(=S)N1c1ccc(F)cc1. The highest BCUT2D eigenvalue weighted by molar-refractivity contribution is 9.10. The highest BCUT2D eigenvalue weighted by atomic mass is 79.9. The van der Waals surface area contributed by atoms with Crippen LogP contribution in [0, 0.1) is 5.82 Å². The number of halogens is 2. The van der Waals surface area contributed by atoms with Crippen molar-refractivity contribution in [3.8, 4) is 0 Å². The number of hydrogen-bond acceptors (Lipinski definition) is 3. The third kappa shape index (κ3) is 2.55. The molecule has 0 spiro atoms. The number of nitrogens with zero attached hydrogens (tertiary/aromatic N) is 2. The molecule has 2 atom stereocenters. The normalized spacial score (nSPS) is 23.1. The minimum absolute atomic E-state index is 0.0185. The van der Waals surface area contributed by atoms with Crippen LogP contribution < -0.4 is 4.90 Å². The van der Waals surface area contributed by atoms with Crippen molar-refractivity contribution in [3.63, 3.8) is 0 Å². The summed E-state index contributed by atoms with van der Waals surface area (Å²) < 4.78 is 14.2. The van der Waals surface area contributed by atoms with Crippen LogP contribution in [0.5, 0.6) is 0 Å². The molecule has 2 unspecified atom stereocenters. The predicted molar refractivity (Wildman–Crippen MR) is 101 cm³/mol. The maximum Gasteiger partial charge on any atom is 0.257 e. The summed E-state index contributed by atoms with van der Waals surface area (Å²) in [6, 6.07) is 13.7. The average Bonchev–Trinajstić information content (AvgIpc) is 3.11. The Kier molecular flexibility index (Phi) is 4.10. The molecule has 1 amide bonds. The van der Waals surface area contributed by atoms with E-state index in [9.17, 15) is 9.18 Å². The molecular formula is C17H12BrFN2OS2. The number of carbonyl (C=O) groups is 1. The minimum Gasteiger partial charge on any atom is -0.319 e. The van der Waals surface area contributed by atoms with Gasteiger partial charge in [0.05, 0.1) is 5.69 Å². The molecule has 2 aromatic rings. The van der Waals surface area contributed by atoms with E-state index >= 15 is 0 Å². The van der Waals surface area contributed by atoms with E-state index in [1.54, 1.807) is 23.9 Å². The fourth-order valence-electron chi connectivity index (χ4n) is 3.00. The number of fused-ring (bicyclic) bond motifs is 1. The van der Waals surface area contributed by atoms with Gasteiger partial charge in [0, 0.05) is 10.2 Å². The number of thioether (sulfide) groups is 1. The number of amides is 1. The Hall–Kier alpha value is -1.44. The van der Waals surface area contributed by atoms with Gasteiger partial charge in [-0.3, -0.25) is 9.69 Å². The van der Waals surface area contributed by atoms with Crippen LogP contribution in [0.25, 0.3) is 0 Å². The van der Waals surface area contributed by atoms with Crippen molar-refractivity contribution in [2.75, 3.05) is 10.7 Å². The average molecular weight is 423 g/mol. The largest absolute Gasteiger partial charge is 0.319 e. The topological polar surface area (TPSA) is 23.6 Å². The molecule has 0 aromatic heterocycles. The van der Waals surface area contributed by atoms with Crippen molar-refractivity contribution >= 4 is 56.6 Å². The van der Waals surface area contributed by atoms with Gasteiger partial charge < -0.3 is 4.90 Å². The van der Waals surface area contributed by atoms with E-state index in [4.69, 9.17) is 12.2 Å². The molecule has 2 fully saturated rings. The van der Waals surface area contributed by atoms with Gasteiger partial charge in [0.15, 0.2) is 5.11 Å². The van der Waals surface area contributed by atoms with Crippen LogP contribution in [-0.2, 0) is 4.79 Å². The van der Waals surface area contributed by atoms with Gasteiger partial charge in [-0.15, -0.1) is 11.8 Å². The Bertz CT molecular complexity index is 812. The lowest BCUT2D eigenvalue weighted by Crippen LogP contribution is -2.33. The highest BCUT2D eigenvalue weighted by Gasteiger charge is 2.50. The quantitative estimate of drug-likeness (QED) is 0.671. The van der Waals surface area contributed by atoms with E-state index in [0.717, 1.165) is 10.0 Å². The molecule has 0 saturated carbocycles. The second-order valence-electron chi connectivity index (χ2n) is 5.59. The summed E-state index contributed by atoms with van der Waals surface area (Å²) in [5, 5.41) is 0.500. The lowest BCUT2D eigenvalue weighted by Gasteiger charge is -2.25. The summed E-state index contributed by atoms with van der Waals surface area (Å²) >= 11 is 10.7. The molecule has 2 heterocycles. The Labute approximate surface area is 156 Å². The predicted octanol–water partition coefficient (Wildman–Crippen LogP) is 4.34. The first-order valence-corrected chi connectivity index (χ1v) is 9.60. The fourth-order valence-corrected chi connectivity index (χ4v) is 5.18. The van der Waals surface area contributed by atoms with Gasteiger partial charge in [0.2, 0.25) is 0 Å². The molecule has 2 saturated heterocycles. The van der Waals surface area contributed by atoms with E-state index in [0.29, 0.717) is 16.6 Å². The zero-order chi connectivity index (χ0) is 16.8. The maximum atomic E-state index is 13.2. The first kappa shape index (κ1) is 16.1. The van der Waals surface area contributed by atoms with Crippen LogP contribution in [0.1, 0.15) is 10.9 Å². The van der Waals surface area contributed by atoms with Crippen molar-refractivity contribution in [2.45, 2.75) is 11.4 Å². The fraction of sp³-hybridized carbons (Fsp3) is 0.176. The Balaban J connectivity index is 1.67. The van der Waals surface area contributed by atoms with E-state index < -0.39 is 0 Å². The van der Waals surface area contributed by atoms with E-state index in [1.807, 2.05) is 29.2 Å². The van der Waals surface area contributed by atoms with Crippen LogP contribution >= 0.6 is 39.9 Å². The number of benzene rings is 2. The van der Waals surface area contributed by atoms with Crippen LogP contribution in [0.15, 0.2) is 53.0 Å². The Morgan fingerprint density at radius 3 is 2.46 bits per heavy atom. The van der Waals surface area contributed by atoms with Gasteiger partial charge in [0.25, 0.3) is 5.91 Å². The molecule has 7 heteroatoms. The molecule has 2 aliphatic heterocycles. The van der Waals surface area contributed by atoms with Gasteiger partial charge in [-0.2, -0.15) is 0 Å². The first-order valence-electron chi connectivity index (χ1n) is 7.35. The van der Waals surface area contributed by atoms with E-state index in [1.165, 1.54) is 17.0 Å². The van der Waals surface area contributed by atoms with E-state index in [-0.39, 0.29) is 23.1 Å². The Morgan fingerprint density at radius 1 is 1.12 bits per heavy atom. The van der Waals surface area contributed by atoms with Crippen molar-refractivity contribution in [1.29, 1.82) is 0 Å². The summed E-state index contributed by atoms with van der Waals surface area (Å²) in [5.74, 6) is 0.316. The number of thiocarbonyl (C=S) groups is 1. The third-order valence-corrected chi connectivity index (χ3v) is 6.40. The van der Waals surface area contributed by atoms with Crippen molar-refractivity contribution in [1.82, 2.24) is 4.90 Å². The van der Waals surface area contributed by atoms with Crippen LogP contribution in [-0.4, -0.2) is 27.7 Å². The van der Waals surface area contributed by atoms with Crippen molar-refractivity contribution < 1.29 is 9.18 Å². The number of anilines is 1. The highest BCUT2D eigenvalue weighted by Crippen LogP contribution is 2.46. The van der Waals surface area contributed by atoms with Crippen LogP contribution in [0.4, 0.5) is 10.1 Å². The monoisotopic (exact) mass is 422 g/mol. The molecule has 3 nitrogen and oxygen atoms in total. The first-order chi connectivity index (χ1) is 11.6. The molecule has 2 aromatic carbocycles. The molecule has 4 rings (SSSR count). The summed E-state index contributed by atoms with van der Waals surface area (Å²) in [7, 11) is 0.